The molecule has 0 saturated carbocycles. The fourth-order valence-corrected chi connectivity index (χ4v) is 4.56. The average Bonchev–Trinajstić information content (AvgIpc) is 3.21. The third-order valence-corrected chi connectivity index (χ3v) is 6.14. The molecule has 0 saturated heterocycles. The van der Waals surface area contributed by atoms with Crippen LogP contribution in [0.1, 0.15) is 18.3 Å². The summed E-state index contributed by atoms with van der Waals surface area (Å²) in [5.41, 5.74) is 6.35. The Morgan fingerprint density at radius 2 is 1.63 bits per heavy atom. The normalized spacial score (nSPS) is 11.9. The van der Waals surface area contributed by atoms with Gasteiger partial charge in [0.2, 0.25) is 0 Å². The highest BCUT2D eigenvalue weighted by atomic mass is 32.1. The Bertz CT molecular complexity index is 1390. The van der Waals surface area contributed by atoms with Crippen LogP contribution in [0.5, 0.6) is 0 Å². The minimum absolute atomic E-state index is 0.727. The number of thiophene rings is 1. The van der Waals surface area contributed by atoms with E-state index in [-0.39, 0.29) is 0 Å². The van der Waals surface area contributed by atoms with Crippen molar-refractivity contribution < 1.29 is 0 Å². The molecule has 0 radical (unpaired) electrons. The van der Waals surface area contributed by atoms with Crippen molar-refractivity contribution in [1.29, 1.82) is 0 Å². The first-order valence-electron chi connectivity index (χ1n) is 9.80. The smallest absolute Gasteiger partial charge is 0.158 e. The number of nitrogens with zero attached hydrogens (tertiary/aromatic N) is 3. The summed E-state index contributed by atoms with van der Waals surface area (Å²) in [5, 5.41) is 8.04. The van der Waals surface area contributed by atoms with Crippen LogP contribution in [0, 0.1) is 6.92 Å². The molecule has 0 unspecified atom stereocenters. The Morgan fingerprint density at radius 1 is 0.867 bits per heavy atom. The van der Waals surface area contributed by atoms with Crippen molar-refractivity contribution in [2.75, 3.05) is 5.43 Å². The van der Waals surface area contributed by atoms with Gasteiger partial charge in [-0.2, -0.15) is 5.10 Å². The van der Waals surface area contributed by atoms with Gasteiger partial charge in [-0.15, -0.1) is 11.3 Å². The fourth-order valence-electron chi connectivity index (χ4n) is 3.47. The number of hydrogen-bond donors (Lipinski definition) is 1. The van der Waals surface area contributed by atoms with Crippen LogP contribution < -0.4 is 5.43 Å². The van der Waals surface area contributed by atoms with Gasteiger partial charge >= 0.3 is 0 Å². The molecule has 1 N–H and O–H groups in total. The summed E-state index contributed by atoms with van der Waals surface area (Å²) in [5.74, 6) is 1.46. The van der Waals surface area contributed by atoms with E-state index in [4.69, 9.17) is 0 Å². The number of benzene rings is 3. The van der Waals surface area contributed by atoms with Crippen LogP contribution in [0.15, 0.2) is 84.0 Å². The van der Waals surface area contributed by atoms with Crippen molar-refractivity contribution in [2.45, 2.75) is 13.8 Å². The van der Waals surface area contributed by atoms with E-state index in [9.17, 15) is 0 Å². The topological polar surface area (TPSA) is 50.2 Å². The van der Waals surface area contributed by atoms with Gasteiger partial charge in [-0.25, -0.2) is 9.97 Å². The quantitative estimate of drug-likeness (QED) is 0.267. The molecule has 4 nitrogen and oxygen atoms in total. The van der Waals surface area contributed by atoms with Gasteiger partial charge in [-0.3, -0.25) is 5.43 Å². The molecular weight excluding hydrogens is 388 g/mol. The number of aryl methyl sites for hydroxylation is 1. The van der Waals surface area contributed by atoms with Crippen LogP contribution in [0.25, 0.3) is 31.4 Å². The number of anilines is 1. The second-order valence-corrected chi connectivity index (χ2v) is 8.22. The average molecular weight is 409 g/mol. The van der Waals surface area contributed by atoms with Gasteiger partial charge in [0.05, 0.1) is 11.1 Å². The molecule has 0 amide bonds. The maximum atomic E-state index is 4.63. The third kappa shape index (κ3) is 3.55. The molecule has 2 heterocycles. The number of hydrazone groups is 1. The van der Waals surface area contributed by atoms with E-state index in [0.717, 1.165) is 33.1 Å². The SMILES string of the molecule is C/C(=N/Nc1nc(C)nc2sc(-c3ccccc3)cc12)c1ccc2ccccc2c1. The third-order valence-electron chi connectivity index (χ3n) is 5.06. The second-order valence-electron chi connectivity index (χ2n) is 7.19. The molecule has 0 aliphatic carbocycles. The number of fused-ring (bicyclic) bond motifs is 2. The molecule has 0 bridgehead atoms. The Morgan fingerprint density at radius 3 is 2.47 bits per heavy atom. The molecule has 0 aliphatic heterocycles. The van der Waals surface area contributed by atoms with E-state index in [1.807, 2.05) is 32.0 Å². The molecule has 0 atom stereocenters. The van der Waals surface area contributed by atoms with Crippen molar-refractivity contribution >= 4 is 43.9 Å². The lowest BCUT2D eigenvalue weighted by Crippen LogP contribution is -2.02. The Labute approximate surface area is 178 Å². The zero-order chi connectivity index (χ0) is 20.5. The van der Waals surface area contributed by atoms with Crippen LogP contribution in [-0.4, -0.2) is 15.7 Å². The summed E-state index contributed by atoms with van der Waals surface area (Å²) in [7, 11) is 0. The van der Waals surface area contributed by atoms with Crippen molar-refractivity contribution in [1.82, 2.24) is 9.97 Å². The lowest BCUT2D eigenvalue weighted by molar-refractivity contribution is 1.08. The molecule has 0 aliphatic rings. The molecular formula is C25H20N4S. The minimum Gasteiger partial charge on any atom is -0.260 e. The molecule has 0 spiro atoms. The van der Waals surface area contributed by atoms with Gasteiger partial charge < -0.3 is 0 Å². The summed E-state index contributed by atoms with van der Waals surface area (Å²) in [6.07, 6.45) is 0. The summed E-state index contributed by atoms with van der Waals surface area (Å²) in [6.45, 7) is 3.91. The number of rotatable bonds is 4. The molecule has 0 fully saturated rings. The van der Waals surface area contributed by atoms with Gasteiger partial charge in [0.25, 0.3) is 0 Å². The van der Waals surface area contributed by atoms with E-state index in [1.54, 1.807) is 11.3 Å². The Hall–Kier alpha value is -3.57. The van der Waals surface area contributed by atoms with Crippen LogP contribution in [0.3, 0.4) is 0 Å². The van der Waals surface area contributed by atoms with Gasteiger partial charge in [0.1, 0.15) is 10.7 Å². The fraction of sp³-hybridized carbons (Fsp3) is 0.0800. The van der Waals surface area contributed by atoms with Gasteiger partial charge in [-0.1, -0.05) is 66.7 Å². The van der Waals surface area contributed by atoms with Gasteiger partial charge in [-0.05, 0) is 47.9 Å². The second kappa shape index (κ2) is 7.69. The Balaban J connectivity index is 1.50. The van der Waals surface area contributed by atoms with Crippen molar-refractivity contribution in [2.24, 2.45) is 5.10 Å². The monoisotopic (exact) mass is 408 g/mol. The van der Waals surface area contributed by atoms with E-state index >= 15 is 0 Å². The van der Waals surface area contributed by atoms with Gasteiger partial charge in [0.15, 0.2) is 5.82 Å². The maximum absolute atomic E-state index is 4.63. The summed E-state index contributed by atoms with van der Waals surface area (Å²) in [4.78, 5) is 11.4. The van der Waals surface area contributed by atoms with E-state index < -0.39 is 0 Å². The summed E-state index contributed by atoms with van der Waals surface area (Å²) in [6, 6.07) is 27.2. The van der Waals surface area contributed by atoms with E-state index in [1.165, 1.54) is 21.2 Å². The molecule has 2 aromatic heterocycles. The molecule has 5 rings (SSSR count). The summed E-state index contributed by atoms with van der Waals surface area (Å²) < 4.78 is 0. The highest BCUT2D eigenvalue weighted by Crippen LogP contribution is 2.35. The van der Waals surface area contributed by atoms with Crippen molar-refractivity contribution in [3.05, 3.63) is 90.3 Å². The molecule has 5 heteroatoms. The van der Waals surface area contributed by atoms with Crippen LogP contribution in [0.4, 0.5) is 5.82 Å². The minimum atomic E-state index is 0.727. The molecule has 5 aromatic rings. The van der Waals surface area contributed by atoms with Gasteiger partial charge in [0, 0.05) is 4.88 Å². The zero-order valence-corrected chi connectivity index (χ0v) is 17.6. The lowest BCUT2D eigenvalue weighted by Gasteiger charge is -2.06. The summed E-state index contributed by atoms with van der Waals surface area (Å²) >= 11 is 1.67. The maximum Gasteiger partial charge on any atom is 0.158 e. The highest BCUT2D eigenvalue weighted by Gasteiger charge is 2.11. The first kappa shape index (κ1) is 18.5. The first-order chi connectivity index (χ1) is 14.7. The predicted octanol–water partition coefficient (Wildman–Crippen LogP) is 6.66. The van der Waals surface area contributed by atoms with E-state index in [2.05, 4.69) is 81.2 Å². The number of hydrogen-bond acceptors (Lipinski definition) is 5. The predicted molar refractivity (Wildman–Crippen MR) is 127 cm³/mol. The van der Waals surface area contributed by atoms with Crippen molar-refractivity contribution in [3.63, 3.8) is 0 Å². The molecule has 30 heavy (non-hydrogen) atoms. The number of aromatic nitrogens is 2. The number of nitrogens with one attached hydrogen (secondary N) is 1. The Kier molecular flexibility index (Phi) is 4.73. The standard InChI is InChI=1S/C25H20N4S/c1-16(20-13-12-18-8-6-7-11-21(18)14-20)28-29-24-22-15-23(19-9-4-3-5-10-19)30-25(22)27-17(2)26-24/h3-15H,1-2H3,(H,26,27,29)/b28-16-. The van der Waals surface area contributed by atoms with Crippen LogP contribution in [0.2, 0.25) is 0 Å². The van der Waals surface area contributed by atoms with E-state index in [0.29, 0.717) is 0 Å². The molecule has 3 aromatic carbocycles. The first-order valence-corrected chi connectivity index (χ1v) is 10.6. The van der Waals surface area contributed by atoms with Crippen molar-refractivity contribution in [3.8, 4) is 10.4 Å². The highest BCUT2D eigenvalue weighted by molar-refractivity contribution is 7.21. The largest absolute Gasteiger partial charge is 0.260 e. The molecule has 146 valence electrons. The zero-order valence-electron chi connectivity index (χ0n) is 16.8. The van der Waals surface area contributed by atoms with Crippen LogP contribution >= 0.6 is 11.3 Å². The lowest BCUT2D eigenvalue weighted by atomic mass is 10.0. The van der Waals surface area contributed by atoms with Crippen LogP contribution in [-0.2, 0) is 0 Å².